The van der Waals surface area contributed by atoms with Crippen LogP contribution in [0.2, 0.25) is 10.0 Å². The van der Waals surface area contributed by atoms with Gasteiger partial charge in [-0.1, -0.05) is 28.4 Å². The lowest BCUT2D eigenvalue weighted by Crippen LogP contribution is -2.21. The zero-order chi connectivity index (χ0) is 24.2. The molecular formula is C24H29Cl2N5O3. The molecule has 0 saturated carbocycles. The van der Waals surface area contributed by atoms with Crippen LogP contribution in [-0.4, -0.2) is 54.1 Å². The monoisotopic (exact) mass is 505 g/mol. The molecule has 2 atom stereocenters. The van der Waals surface area contributed by atoms with Crippen LogP contribution < -0.4 is 15.4 Å². The van der Waals surface area contributed by atoms with Crippen LogP contribution in [0.1, 0.15) is 31.2 Å². The largest absolute Gasteiger partial charge is 0.494 e. The van der Waals surface area contributed by atoms with Crippen molar-refractivity contribution in [1.82, 2.24) is 20.4 Å². The Balaban J connectivity index is 1.76. The van der Waals surface area contributed by atoms with Crippen LogP contribution >= 0.6 is 23.2 Å². The summed E-state index contributed by atoms with van der Waals surface area (Å²) in [6.07, 6.45) is 1.91. The number of anilines is 1. The standard InChI is InChI=1S/C24H29Cl2N5O3/c1-13-10-16(12-33-13)28-24-21(26)22(20-14(2)31-34-15(20)3)29-23(30-24)18-11-17(6-7-19(18)25)32-9-5-8-27-4/h6-7,11,13,16,27H,5,8-10,12H2,1-4H3,(H,28,29,30)/t13-,16?/m0/s1. The molecule has 0 spiro atoms. The van der Waals surface area contributed by atoms with Crippen molar-refractivity contribution < 1.29 is 14.0 Å². The average molecular weight is 506 g/mol. The summed E-state index contributed by atoms with van der Waals surface area (Å²) in [5.74, 6) is 2.27. The molecule has 0 radical (unpaired) electrons. The van der Waals surface area contributed by atoms with Crippen molar-refractivity contribution in [2.75, 3.05) is 32.1 Å². The van der Waals surface area contributed by atoms with Gasteiger partial charge in [0, 0.05) is 5.56 Å². The number of nitrogens with zero attached hydrogens (tertiary/aromatic N) is 3. The lowest BCUT2D eigenvalue weighted by molar-refractivity contribution is 0.124. The summed E-state index contributed by atoms with van der Waals surface area (Å²) in [6, 6.07) is 5.57. The van der Waals surface area contributed by atoms with Gasteiger partial charge in [-0.05, 0) is 65.4 Å². The van der Waals surface area contributed by atoms with E-state index >= 15 is 0 Å². The Morgan fingerprint density at radius 3 is 2.71 bits per heavy atom. The Bertz CT molecular complexity index is 1130. The molecule has 34 heavy (non-hydrogen) atoms. The Labute approximate surface area is 209 Å². The molecule has 1 fully saturated rings. The van der Waals surface area contributed by atoms with E-state index in [0.29, 0.717) is 63.4 Å². The van der Waals surface area contributed by atoms with Gasteiger partial charge in [0.2, 0.25) is 0 Å². The summed E-state index contributed by atoms with van der Waals surface area (Å²) in [6.45, 7) is 7.77. The van der Waals surface area contributed by atoms with Crippen LogP contribution in [0, 0.1) is 13.8 Å². The van der Waals surface area contributed by atoms with E-state index in [9.17, 15) is 0 Å². The summed E-state index contributed by atoms with van der Waals surface area (Å²) in [7, 11) is 1.92. The minimum atomic E-state index is 0.0880. The van der Waals surface area contributed by atoms with Gasteiger partial charge in [-0.25, -0.2) is 9.97 Å². The fourth-order valence-corrected chi connectivity index (χ4v) is 4.40. The lowest BCUT2D eigenvalue weighted by atomic mass is 10.1. The summed E-state index contributed by atoms with van der Waals surface area (Å²) in [5, 5.41) is 11.5. The number of rotatable bonds is 9. The third-order valence-corrected chi connectivity index (χ3v) is 6.37. The van der Waals surface area contributed by atoms with E-state index in [-0.39, 0.29) is 12.1 Å². The van der Waals surface area contributed by atoms with E-state index in [1.165, 1.54) is 0 Å². The maximum absolute atomic E-state index is 6.83. The number of ether oxygens (including phenoxy) is 2. The van der Waals surface area contributed by atoms with Crippen LogP contribution in [0.5, 0.6) is 5.75 Å². The van der Waals surface area contributed by atoms with Crippen molar-refractivity contribution in [3.8, 4) is 28.4 Å². The molecule has 0 aliphatic carbocycles. The Morgan fingerprint density at radius 1 is 1.21 bits per heavy atom. The maximum Gasteiger partial charge on any atom is 0.163 e. The second-order valence-electron chi connectivity index (χ2n) is 8.43. The van der Waals surface area contributed by atoms with Crippen molar-refractivity contribution in [3.05, 3.63) is 39.7 Å². The number of hydrogen-bond donors (Lipinski definition) is 2. The normalized spacial score (nSPS) is 17.8. The smallest absolute Gasteiger partial charge is 0.163 e. The van der Waals surface area contributed by atoms with Gasteiger partial charge in [0.15, 0.2) is 5.82 Å². The zero-order valence-electron chi connectivity index (χ0n) is 19.7. The fraction of sp³-hybridized carbons (Fsp3) is 0.458. The van der Waals surface area contributed by atoms with Gasteiger partial charge in [-0.3, -0.25) is 0 Å². The maximum atomic E-state index is 6.83. The van der Waals surface area contributed by atoms with Crippen LogP contribution in [0.15, 0.2) is 22.7 Å². The molecule has 1 aromatic carbocycles. The van der Waals surface area contributed by atoms with Gasteiger partial charge < -0.3 is 24.6 Å². The van der Waals surface area contributed by atoms with E-state index in [1.807, 2.05) is 40.0 Å². The van der Waals surface area contributed by atoms with Crippen LogP contribution in [-0.2, 0) is 4.74 Å². The summed E-state index contributed by atoms with van der Waals surface area (Å²) in [5.41, 5.74) is 2.62. The van der Waals surface area contributed by atoms with Crippen molar-refractivity contribution in [1.29, 1.82) is 0 Å². The van der Waals surface area contributed by atoms with Gasteiger partial charge in [-0.15, -0.1) is 0 Å². The second kappa shape index (κ2) is 10.9. The molecule has 8 nitrogen and oxygen atoms in total. The number of aromatic nitrogens is 3. The first-order valence-electron chi connectivity index (χ1n) is 11.3. The van der Waals surface area contributed by atoms with E-state index in [2.05, 4.69) is 15.8 Å². The van der Waals surface area contributed by atoms with Gasteiger partial charge in [0.25, 0.3) is 0 Å². The van der Waals surface area contributed by atoms with Crippen LogP contribution in [0.4, 0.5) is 5.82 Å². The molecule has 1 aliphatic heterocycles. The third-order valence-electron chi connectivity index (χ3n) is 5.68. The van der Waals surface area contributed by atoms with Gasteiger partial charge in [0.1, 0.15) is 28.0 Å². The molecule has 2 aromatic heterocycles. The van der Waals surface area contributed by atoms with Crippen LogP contribution in [0.25, 0.3) is 22.6 Å². The predicted octanol–water partition coefficient (Wildman–Crippen LogP) is 5.30. The topological polar surface area (TPSA) is 94.3 Å². The molecule has 3 heterocycles. The first-order chi connectivity index (χ1) is 16.4. The molecule has 2 N–H and O–H groups in total. The van der Waals surface area contributed by atoms with E-state index < -0.39 is 0 Å². The molecular weight excluding hydrogens is 477 g/mol. The number of aryl methyl sites for hydroxylation is 2. The highest BCUT2D eigenvalue weighted by Crippen LogP contribution is 2.39. The quantitative estimate of drug-likeness (QED) is 0.378. The van der Waals surface area contributed by atoms with E-state index in [1.54, 1.807) is 6.07 Å². The summed E-state index contributed by atoms with van der Waals surface area (Å²) < 4.78 is 17.0. The molecule has 1 saturated heterocycles. The van der Waals surface area contributed by atoms with Crippen molar-refractivity contribution >= 4 is 29.0 Å². The van der Waals surface area contributed by atoms with Gasteiger partial charge >= 0.3 is 0 Å². The highest BCUT2D eigenvalue weighted by molar-refractivity contribution is 6.35. The Kier molecular flexibility index (Phi) is 7.93. The number of nitrogens with one attached hydrogen (secondary N) is 2. The number of benzene rings is 1. The molecule has 182 valence electrons. The van der Waals surface area contributed by atoms with Crippen molar-refractivity contribution in [2.45, 2.75) is 45.8 Å². The van der Waals surface area contributed by atoms with Gasteiger partial charge in [0.05, 0.1) is 41.6 Å². The summed E-state index contributed by atoms with van der Waals surface area (Å²) in [4.78, 5) is 9.57. The number of hydrogen-bond acceptors (Lipinski definition) is 8. The molecule has 3 aromatic rings. The van der Waals surface area contributed by atoms with Crippen LogP contribution in [0.3, 0.4) is 0 Å². The summed E-state index contributed by atoms with van der Waals surface area (Å²) >= 11 is 13.4. The minimum absolute atomic E-state index is 0.0880. The molecule has 4 rings (SSSR count). The third kappa shape index (κ3) is 5.46. The highest BCUT2D eigenvalue weighted by Gasteiger charge is 2.26. The fourth-order valence-electron chi connectivity index (χ4n) is 3.97. The lowest BCUT2D eigenvalue weighted by Gasteiger charge is -2.17. The number of halogens is 2. The first-order valence-corrected chi connectivity index (χ1v) is 12.1. The molecule has 0 bridgehead atoms. The second-order valence-corrected chi connectivity index (χ2v) is 9.21. The molecule has 1 aliphatic rings. The van der Waals surface area contributed by atoms with E-state index in [4.69, 9.17) is 47.2 Å². The van der Waals surface area contributed by atoms with Gasteiger partial charge in [-0.2, -0.15) is 0 Å². The molecule has 1 unspecified atom stereocenters. The average Bonchev–Trinajstić information content (AvgIpc) is 3.38. The SMILES string of the molecule is CNCCCOc1ccc(Cl)c(-c2nc(NC3CO[C@@H](C)C3)c(Cl)c(-c3c(C)noc3C)n2)c1. The van der Waals surface area contributed by atoms with Crippen molar-refractivity contribution in [3.63, 3.8) is 0 Å². The molecule has 0 amide bonds. The first kappa shape index (κ1) is 24.7. The van der Waals surface area contributed by atoms with Crippen molar-refractivity contribution in [2.24, 2.45) is 0 Å². The Hall–Kier alpha value is -2.39. The molecule has 10 heteroatoms. The Morgan fingerprint density at radius 2 is 2.03 bits per heavy atom. The zero-order valence-corrected chi connectivity index (χ0v) is 21.3. The van der Waals surface area contributed by atoms with E-state index in [0.717, 1.165) is 24.9 Å². The predicted molar refractivity (Wildman–Crippen MR) is 134 cm³/mol. The minimum Gasteiger partial charge on any atom is -0.494 e. The highest BCUT2D eigenvalue weighted by atomic mass is 35.5.